The zero-order valence-corrected chi connectivity index (χ0v) is 33.3. The number of ether oxygens (including phenoxy) is 2. The molecule has 1 N–H and O–H groups in total. The quantitative estimate of drug-likeness (QED) is 0.0230. The Labute approximate surface area is 305 Å². The lowest BCUT2D eigenvalue weighted by Gasteiger charge is -2.24. The molecule has 50 heavy (non-hydrogen) atoms. The summed E-state index contributed by atoms with van der Waals surface area (Å²) >= 11 is 0. The number of unbranched alkanes of at least 4 members (excludes halogenated alkanes) is 12. The molecular formula is C40H73NO8P+. The van der Waals surface area contributed by atoms with Crippen LogP contribution in [-0.4, -0.2) is 74.9 Å². The van der Waals surface area contributed by atoms with Crippen molar-refractivity contribution in [3.8, 4) is 0 Å². The fourth-order valence-corrected chi connectivity index (χ4v) is 5.51. The zero-order valence-electron chi connectivity index (χ0n) is 32.4. The fourth-order valence-electron chi connectivity index (χ4n) is 4.77. The van der Waals surface area contributed by atoms with E-state index >= 15 is 0 Å². The number of carbonyl (C=O) groups excluding carboxylic acids is 2. The van der Waals surface area contributed by atoms with Gasteiger partial charge in [-0.1, -0.05) is 127 Å². The molecule has 0 aliphatic rings. The maximum atomic E-state index is 12.6. The first kappa shape index (κ1) is 48.0. The van der Waals surface area contributed by atoms with Crippen molar-refractivity contribution in [2.45, 2.75) is 148 Å². The molecule has 0 aliphatic carbocycles. The van der Waals surface area contributed by atoms with Crippen molar-refractivity contribution in [2.75, 3.05) is 47.5 Å². The van der Waals surface area contributed by atoms with Gasteiger partial charge in [-0.15, -0.1) is 0 Å². The van der Waals surface area contributed by atoms with Crippen LogP contribution in [-0.2, 0) is 32.7 Å². The van der Waals surface area contributed by atoms with E-state index in [0.29, 0.717) is 17.4 Å². The maximum absolute atomic E-state index is 12.6. The van der Waals surface area contributed by atoms with Crippen molar-refractivity contribution >= 4 is 19.8 Å². The molecule has 0 aromatic carbocycles. The highest BCUT2D eigenvalue weighted by Crippen LogP contribution is 2.43. The van der Waals surface area contributed by atoms with Gasteiger partial charge in [0.15, 0.2) is 6.10 Å². The number of rotatable bonds is 34. The van der Waals surface area contributed by atoms with Gasteiger partial charge < -0.3 is 18.9 Å². The van der Waals surface area contributed by atoms with E-state index < -0.39 is 26.5 Å². The molecule has 0 amide bonds. The molecule has 0 radical (unpaired) electrons. The smallest absolute Gasteiger partial charge is 0.462 e. The van der Waals surface area contributed by atoms with Crippen molar-refractivity contribution in [1.82, 2.24) is 0 Å². The van der Waals surface area contributed by atoms with Gasteiger partial charge in [-0.3, -0.25) is 18.6 Å². The monoisotopic (exact) mass is 727 g/mol. The number of hydrogen-bond donors (Lipinski definition) is 1. The molecule has 0 rings (SSSR count). The van der Waals surface area contributed by atoms with E-state index in [1.54, 1.807) is 0 Å². The lowest BCUT2D eigenvalue weighted by atomic mass is 10.1. The third kappa shape index (κ3) is 35.8. The first-order valence-corrected chi connectivity index (χ1v) is 20.9. The number of phosphoric ester groups is 1. The summed E-state index contributed by atoms with van der Waals surface area (Å²) < 4.78 is 34.1. The molecule has 9 nitrogen and oxygen atoms in total. The molecule has 290 valence electrons. The van der Waals surface area contributed by atoms with E-state index in [2.05, 4.69) is 62.5 Å². The van der Waals surface area contributed by atoms with Crippen LogP contribution in [0.2, 0.25) is 0 Å². The lowest BCUT2D eigenvalue weighted by molar-refractivity contribution is -0.870. The summed E-state index contributed by atoms with van der Waals surface area (Å²) in [6.07, 6.45) is 35.9. The summed E-state index contributed by atoms with van der Waals surface area (Å²) in [4.78, 5) is 35.1. The Kier molecular flexibility index (Phi) is 31.5. The molecule has 0 heterocycles. The predicted molar refractivity (Wildman–Crippen MR) is 206 cm³/mol. The summed E-state index contributed by atoms with van der Waals surface area (Å²) in [7, 11) is 1.45. The lowest BCUT2D eigenvalue weighted by Crippen LogP contribution is -2.37. The van der Waals surface area contributed by atoms with Crippen molar-refractivity contribution in [1.29, 1.82) is 0 Å². The molecule has 2 atom stereocenters. The Morgan fingerprint density at radius 1 is 0.620 bits per heavy atom. The third-order valence-electron chi connectivity index (χ3n) is 7.84. The molecule has 0 spiro atoms. The normalized spacial score (nSPS) is 14.3. The molecule has 0 aromatic heterocycles. The van der Waals surface area contributed by atoms with E-state index in [-0.39, 0.29) is 32.0 Å². The van der Waals surface area contributed by atoms with Crippen LogP contribution in [0.1, 0.15) is 142 Å². The molecular weight excluding hydrogens is 653 g/mol. The second-order valence-corrected chi connectivity index (χ2v) is 15.4. The molecule has 0 saturated carbocycles. The van der Waals surface area contributed by atoms with Crippen LogP contribution in [0.5, 0.6) is 0 Å². The first-order chi connectivity index (χ1) is 24.0. The summed E-state index contributed by atoms with van der Waals surface area (Å²) in [5, 5.41) is 0. The molecule has 0 aliphatic heterocycles. The van der Waals surface area contributed by atoms with Gasteiger partial charge in [0, 0.05) is 12.8 Å². The van der Waals surface area contributed by atoms with Gasteiger partial charge in [0.25, 0.3) is 0 Å². The minimum atomic E-state index is -4.37. The maximum Gasteiger partial charge on any atom is 0.472 e. The largest absolute Gasteiger partial charge is 0.472 e. The van der Waals surface area contributed by atoms with Crippen molar-refractivity contribution in [3.63, 3.8) is 0 Å². The Morgan fingerprint density at radius 2 is 1.12 bits per heavy atom. The molecule has 10 heteroatoms. The summed E-state index contributed by atoms with van der Waals surface area (Å²) in [6, 6.07) is 0. The number of hydrogen-bond acceptors (Lipinski definition) is 7. The summed E-state index contributed by atoms with van der Waals surface area (Å²) in [6.45, 7) is 4.27. The average Bonchev–Trinajstić information content (AvgIpc) is 3.06. The van der Waals surface area contributed by atoms with Crippen LogP contribution in [0, 0.1) is 0 Å². The van der Waals surface area contributed by atoms with Crippen LogP contribution in [0.3, 0.4) is 0 Å². The third-order valence-corrected chi connectivity index (χ3v) is 8.83. The standard InChI is InChI=1S/C40H72NO8P/c1-6-8-10-12-14-16-17-18-19-20-21-22-23-25-27-29-31-33-40(43)49-38(37-48-50(44,45)47-35-34-41(3,4)5)36-46-39(42)32-30-28-26-24-15-13-11-9-7-2/h10,12,16-17,19-20,22-23,38H,6-9,11,13-15,18,21,24-37H2,1-5H3/p+1/b12-10+,17-16+,20-19+,23-22+/t38-/m1/s1. The van der Waals surface area contributed by atoms with E-state index in [1.807, 2.05) is 21.1 Å². The SMILES string of the molecule is CCC/C=C/C/C=C/C/C=C/C/C=C/CCCCCC(=O)O[C@H](COC(=O)CCCCCCCCCCC)COP(=O)(O)OCC[N+](C)(C)C. The first-order valence-electron chi connectivity index (χ1n) is 19.4. The van der Waals surface area contributed by atoms with Crippen LogP contribution in [0.4, 0.5) is 0 Å². The van der Waals surface area contributed by atoms with Gasteiger partial charge in [0.1, 0.15) is 19.8 Å². The highest BCUT2D eigenvalue weighted by Gasteiger charge is 2.27. The Balaban J connectivity index is 4.49. The van der Waals surface area contributed by atoms with Crippen molar-refractivity contribution in [2.24, 2.45) is 0 Å². The van der Waals surface area contributed by atoms with Crippen LogP contribution >= 0.6 is 7.82 Å². The number of carbonyl (C=O) groups is 2. The highest BCUT2D eigenvalue weighted by atomic mass is 31.2. The second kappa shape index (κ2) is 32.8. The summed E-state index contributed by atoms with van der Waals surface area (Å²) in [5.41, 5.74) is 0. The van der Waals surface area contributed by atoms with Crippen molar-refractivity contribution in [3.05, 3.63) is 48.6 Å². The molecule has 0 aromatic rings. The van der Waals surface area contributed by atoms with Gasteiger partial charge in [-0.2, -0.15) is 0 Å². The van der Waals surface area contributed by atoms with Gasteiger partial charge in [0.05, 0.1) is 27.7 Å². The number of nitrogens with zero attached hydrogens (tertiary/aromatic N) is 1. The average molecular weight is 727 g/mol. The van der Waals surface area contributed by atoms with Crippen molar-refractivity contribution < 1.29 is 42.1 Å². The Morgan fingerprint density at radius 3 is 1.68 bits per heavy atom. The molecule has 0 saturated heterocycles. The predicted octanol–water partition coefficient (Wildman–Crippen LogP) is 10.3. The number of phosphoric acid groups is 1. The molecule has 0 bridgehead atoms. The second-order valence-electron chi connectivity index (χ2n) is 14.0. The van der Waals surface area contributed by atoms with Crippen LogP contribution in [0.15, 0.2) is 48.6 Å². The van der Waals surface area contributed by atoms with Gasteiger partial charge in [-0.25, -0.2) is 4.57 Å². The van der Waals surface area contributed by atoms with E-state index in [1.165, 1.54) is 44.9 Å². The minimum Gasteiger partial charge on any atom is -0.462 e. The number of esters is 2. The zero-order chi connectivity index (χ0) is 37.2. The molecule has 0 fully saturated rings. The van der Waals surface area contributed by atoms with E-state index in [0.717, 1.165) is 64.2 Å². The van der Waals surface area contributed by atoms with Crippen LogP contribution < -0.4 is 0 Å². The van der Waals surface area contributed by atoms with E-state index in [9.17, 15) is 19.0 Å². The number of likely N-dealkylation sites (N-methyl/N-ethyl adjacent to an activating group) is 1. The number of quaternary nitrogens is 1. The van der Waals surface area contributed by atoms with Gasteiger partial charge in [0.2, 0.25) is 0 Å². The fraction of sp³-hybridized carbons (Fsp3) is 0.750. The van der Waals surface area contributed by atoms with Crippen LogP contribution in [0.25, 0.3) is 0 Å². The number of allylic oxidation sites excluding steroid dienone is 8. The highest BCUT2D eigenvalue weighted by molar-refractivity contribution is 7.47. The van der Waals surface area contributed by atoms with Gasteiger partial charge in [-0.05, 0) is 51.4 Å². The molecule has 1 unspecified atom stereocenters. The van der Waals surface area contributed by atoms with E-state index in [4.69, 9.17) is 18.5 Å². The Hall–Kier alpha value is -2.03. The summed E-state index contributed by atoms with van der Waals surface area (Å²) in [5.74, 6) is -0.842. The topological polar surface area (TPSA) is 108 Å². The minimum absolute atomic E-state index is 0.0242. The Bertz CT molecular complexity index is 1000. The van der Waals surface area contributed by atoms with Gasteiger partial charge >= 0.3 is 19.8 Å².